The molecule has 3 fully saturated rings. The van der Waals surface area contributed by atoms with Gasteiger partial charge >= 0.3 is 0 Å². The first-order chi connectivity index (χ1) is 18.7. The van der Waals surface area contributed by atoms with E-state index in [1.165, 1.54) is 123 Å². The van der Waals surface area contributed by atoms with E-state index in [9.17, 15) is 5.11 Å². The van der Waals surface area contributed by atoms with Gasteiger partial charge in [0.2, 0.25) is 0 Å². The van der Waals surface area contributed by atoms with E-state index in [2.05, 4.69) is 65.6 Å². The highest BCUT2D eigenvalue weighted by atomic mass is 16.3. The molecule has 4 aliphatic rings. The van der Waals surface area contributed by atoms with Crippen LogP contribution in [0.25, 0.3) is 28.3 Å². The fraction of sp³-hybridized carbons (Fsp3) is 0.389. The highest BCUT2D eigenvalue weighted by Crippen LogP contribution is 2.48. The molecule has 1 aliphatic heterocycles. The lowest BCUT2D eigenvalue weighted by Crippen LogP contribution is -2.30. The molecular weight excluding hydrogens is 462 g/mol. The first-order valence-electron chi connectivity index (χ1n) is 15.0. The molecule has 3 aromatic carbocycles. The van der Waals surface area contributed by atoms with Crippen LogP contribution in [0.1, 0.15) is 97.9 Å². The van der Waals surface area contributed by atoms with Crippen molar-refractivity contribution in [2.45, 2.75) is 70.1 Å². The maximum absolute atomic E-state index is 10.4. The molecule has 3 aromatic rings. The molecule has 1 saturated heterocycles. The summed E-state index contributed by atoms with van der Waals surface area (Å²) in [6.07, 6.45) is 15.3. The topological polar surface area (TPSA) is 23.5 Å². The molecular formula is C36H39NO. The lowest BCUT2D eigenvalue weighted by molar-refractivity contribution is 0.225. The SMILES string of the molecule is Oc1ccc(/C=C2\c3ccccc3-c3ccc(C(CCCCN4CCCCC4)=C4CC4)cc32)cc1C1CC1. The van der Waals surface area contributed by atoms with Gasteiger partial charge in [-0.1, -0.05) is 54.5 Å². The number of allylic oxidation sites excluding steroid dienone is 2. The van der Waals surface area contributed by atoms with Gasteiger partial charge in [-0.15, -0.1) is 0 Å². The lowest BCUT2D eigenvalue weighted by Gasteiger charge is -2.26. The second-order valence-corrected chi connectivity index (χ2v) is 11.9. The van der Waals surface area contributed by atoms with Gasteiger partial charge in [-0.25, -0.2) is 0 Å². The highest BCUT2D eigenvalue weighted by Gasteiger charge is 2.28. The van der Waals surface area contributed by atoms with Crippen molar-refractivity contribution in [2.24, 2.45) is 0 Å². The molecule has 7 rings (SSSR count). The number of hydrogen-bond acceptors (Lipinski definition) is 2. The van der Waals surface area contributed by atoms with Gasteiger partial charge < -0.3 is 10.0 Å². The Bertz CT molecular complexity index is 1410. The molecule has 0 radical (unpaired) electrons. The Labute approximate surface area is 227 Å². The van der Waals surface area contributed by atoms with E-state index >= 15 is 0 Å². The molecule has 2 saturated carbocycles. The zero-order valence-corrected chi connectivity index (χ0v) is 22.5. The first-order valence-corrected chi connectivity index (χ1v) is 15.0. The van der Waals surface area contributed by atoms with Crippen LogP contribution < -0.4 is 0 Å². The van der Waals surface area contributed by atoms with Crippen molar-refractivity contribution in [3.05, 3.63) is 94.1 Å². The molecule has 0 spiro atoms. The largest absolute Gasteiger partial charge is 0.508 e. The van der Waals surface area contributed by atoms with Gasteiger partial charge in [-0.2, -0.15) is 0 Å². The molecule has 0 atom stereocenters. The monoisotopic (exact) mass is 501 g/mol. The predicted molar refractivity (Wildman–Crippen MR) is 159 cm³/mol. The number of nitrogens with zero attached hydrogens (tertiary/aromatic N) is 1. The summed E-state index contributed by atoms with van der Waals surface area (Å²) in [7, 11) is 0. The molecule has 38 heavy (non-hydrogen) atoms. The van der Waals surface area contributed by atoms with Crippen molar-refractivity contribution in [1.29, 1.82) is 0 Å². The number of rotatable bonds is 8. The van der Waals surface area contributed by atoms with Gasteiger partial charge in [0.15, 0.2) is 0 Å². The third kappa shape index (κ3) is 4.87. The molecule has 0 amide bonds. The molecule has 0 aromatic heterocycles. The minimum atomic E-state index is 0.449. The summed E-state index contributed by atoms with van der Waals surface area (Å²) in [6, 6.07) is 22.3. The van der Waals surface area contributed by atoms with E-state index in [1.807, 2.05) is 6.07 Å². The summed E-state index contributed by atoms with van der Waals surface area (Å²) in [4.78, 5) is 2.68. The molecule has 3 aliphatic carbocycles. The van der Waals surface area contributed by atoms with Crippen molar-refractivity contribution < 1.29 is 5.11 Å². The van der Waals surface area contributed by atoms with Crippen LogP contribution in [-0.2, 0) is 0 Å². The Hall–Kier alpha value is -3.10. The highest BCUT2D eigenvalue weighted by molar-refractivity contribution is 6.07. The Morgan fingerprint density at radius 2 is 1.61 bits per heavy atom. The predicted octanol–water partition coefficient (Wildman–Crippen LogP) is 9.04. The van der Waals surface area contributed by atoms with Crippen LogP contribution in [0.15, 0.2) is 66.2 Å². The van der Waals surface area contributed by atoms with Crippen molar-refractivity contribution in [1.82, 2.24) is 4.90 Å². The number of phenolic OH excluding ortho intramolecular Hbond substituents is 1. The van der Waals surface area contributed by atoms with Gasteiger partial charge in [0.1, 0.15) is 5.75 Å². The van der Waals surface area contributed by atoms with E-state index < -0.39 is 0 Å². The summed E-state index contributed by atoms with van der Waals surface area (Å²) in [5.74, 6) is 0.982. The Balaban J connectivity index is 1.18. The summed E-state index contributed by atoms with van der Waals surface area (Å²) in [5, 5.41) is 10.4. The number of likely N-dealkylation sites (tertiary alicyclic amines) is 1. The molecule has 0 bridgehead atoms. The van der Waals surface area contributed by atoms with E-state index in [0.717, 1.165) is 5.56 Å². The van der Waals surface area contributed by atoms with Gasteiger partial charge in [0.05, 0.1) is 0 Å². The fourth-order valence-electron chi connectivity index (χ4n) is 6.70. The summed E-state index contributed by atoms with van der Waals surface area (Å²) >= 11 is 0. The van der Waals surface area contributed by atoms with Gasteiger partial charge in [0, 0.05) is 0 Å². The third-order valence-electron chi connectivity index (χ3n) is 9.07. The number of benzene rings is 3. The normalized spacial score (nSPS) is 19.5. The van der Waals surface area contributed by atoms with Gasteiger partial charge in [-0.05, 0) is 158 Å². The van der Waals surface area contributed by atoms with Crippen LogP contribution in [0, 0.1) is 0 Å². The number of hydrogen-bond donors (Lipinski definition) is 1. The van der Waals surface area contributed by atoms with Crippen LogP contribution in [0.5, 0.6) is 5.75 Å². The van der Waals surface area contributed by atoms with E-state index in [0.29, 0.717) is 11.7 Å². The first kappa shape index (κ1) is 24.0. The number of phenols is 1. The molecule has 1 heterocycles. The van der Waals surface area contributed by atoms with Gasteiger partial charge in [-0.3, -0.25) is 0 Å². The molecule has 0 unspecified atom stereocenters. The average molecular weight is 502 g/mol. The number of aromatic hydroxyl groups is 1. The number of unbranched alkanes of at least 4 members (excludes halogenated alkanes) is 1. The Morgan fingerprint density at radius 1 is 0.816 bits per heavy atom. The Morgan fingerprint density at radius 3 is 2.39 bits per heavy atom. The third-order valence-corrected chi connectivity index (χ3v) is 9.07. The van der Waals surface area contributed by atoms with Gasteiger partial charge in [0.25, 0.3) is 0 Å². The van der Waals surface area contributed by atoms with Crippen LogP contribution in [-0.4, -0.2) is 29.6 Å². The smallest absolute Gasteiger partial charge is 0.119 e. The number of fused-ring (bicyclic) bond motifs is 3. The van der Waals surface area contributed by atoms with E-state index in [4.69, 9.17) is 0 Å². The zero-order chi connectivity index (χ0) is 25.5. The second-order valence-electron chi connectivity index (χ2n) is 11.9. The minimum Gasteiger partial charge on any atom is -0.508 e. The maximum atomic E-state index is 10.4. The maximum Gasteiger partial charge on any atom is 0.119 e. The molecule has 194 valence electrons. The average Bonchev–Trinajstić information content (AvgIpc) is 3.89. The summed E-state index contributed by atoms with van der Waals surface area (Å²) < 4.78 is 0. The summed E-state index contributed by atoms with van der Waals surface area (Å²) in [5.41, 5.74) is 13.7. The molecule has 2 nitrogen and oxygen atoms in total. The van der Waals surface area contributed by atoms with Crippen LogP contribution in [0.4, 0.5) is 0 Å². The van der Waals surface area contributed by atoms with Crippen LogP contribution in [0.3, 0.4) is 0 Å². The lowest BCUT2D eigenvalue weighted by atomic mass is 9.93. The minimum absolute atomic E-state index is 0.449. The van der Waals surface area contributed by atoms with E-state index in [-0.39, 0.29) is 0 Å². The second kappa shape index (κ2) is 10.2. The van der Waals surface area contributed by atoms with Crippen LogP contribution in [0.2, 0.25) is 0 Å². The summed E-state index contributed by atoms with van der Waals surface area (Å²) in [6.45, 7) is 3.87. The quantitative estimate of drug-likeness (QED) is 0.243. The zero-order valence-electron chi connectivity index (χ0n) is 22.5. The van der Waals surface area contributed by atoms with Crippen molar-refractivity contribution in [3.8, 4) is 16.9 Å². The van der Waals surface area contributed by atoms with Crippen LogP contribution >= 0.6 is 0 Å². The molecule has 2 heteroatoms. The van der Waals surface area contributed by atoms with Crippen molar-refractivity contribution in [3.63, 3.8) is 0 Å². The Kier molecular flexibility index (Phi) is 6.45. The van der Waals surface area contributed by atoms with Crippen molar-refractivity contribution in [2.75, 3.05) is 19.6 Å². The van der Waals surface area contributed by atoms with E-state index in [1.54, 1.807) is 11.1 Å². The molecule has 1 N–H and O–H groups in total. The standard InChI is InChI=1S/C36H39NO/c38-36-18-11-25(22-33(36)27-14-15-27)23-34-31-10-3-2-9-30(31)32-17-16-28(24-35(32)34)29(26-12-13-26)8-4-7-21-37-19-5-1-6-20-37/h2-3,9-11,16-18,22-24,27,38H,1,4-8,12-15,19-21H2/b34-23+. The van der Waals surface area contributed by atoms with Crippen molar-refractivity contribution >= 4 is 17.2 Å². The fourth-order valence-corrected chi connectivity index (χ4v) is 6.70. The number of piperidine rings is 1.